The van der Waals surface area contributed by atoms with Crippen LogP contribution in [-0.2, 0) is 19.9 Å². The first-order valence-electron chi connectivity index (χ1n) is 11.5. The first-order valence-corrected chi connectivity index (χ1v) is 11.5. The minimum Gasteiger partial charge on any atom is -0.446 e. The van der Waals surface area contributed by atoms with Crippen LogP contribution in [0.4, 0.5) is 0 Å². The van der Waals surface area contributed by atoms with E-state index in [-0.39, 0.29) is 11.9 Å². The molecule has 1 amide bonds. The highest BCUT2D eigenvalue weighted by Gasteiger charge is 2.50. The van der Waals surface area contributed by atoms with Crippen molar-refractivity contribution in [1.82, 2.24) is 9.80 Å². The van der Waals surface area contributed by atoms with E-state index in [0.29, 0.717) is 31.8 Å². The average Bonchev–Trinajstić information content (AvgIpc) is 3.05. The number of amides is 1. The highest BCUT2D eigenvalue weighted by atomic mass is 16.6. The molecular formula is C25H34N2O3. The van der Waals surface area contributed by atoms with Crippen LogP contribution in [-0.4, -0.2) is 54.4 Å². The van der Waals surface area contributed by atoms with Gasteiger partial charge in [0.15, 0.2) is 5.60 Å². The Morgan fingerprint density at radius 1 is 1.10 bits per heavy atom. The summed E-state index contributed by atoms with van der Waals surface area (Å²) >= 11 is 0. The maximum atomic E-state index is 13.0. The molecule has 1 fully saturated rings. The number of esters is 1. The number of ether oxygens (including phenoxy) is 1. The summed E-state index contributed by atoms with van der Waals surface area (Å²) in [7, 11) is 0. The monoisotopic (exact) mass is 410 g/mol. The molecule has 3 heterocycles. The topological polar surface area (TPSA) is 49.9 Å². The molecule has 0 aliphatic carbocycles. The third kappa shape index (κ3) is 4.18. The molecule has 0 saturated carbocycles. The van der Waals surface area contributed by atoms with Crippen LogP contribution in [0.1, 0.15) is 57.9 Å². The van der Waals surface area contributed by atoms with Gasteiger partial charge in [0.05, 0.1) is 0 Å². The number of carbonyl (C=O) groups is 2. The van der Waals surface area contributed by atoms with Gasteiger partial charge in [-0.2, -0.15) is 0 Å². The molecule has 0 bridgehead atoms. The first-order chi connectivity index (χ1) is 14.5. The van der Waals surface area contributed by atoms with Crippen LogP contribution in [0.15, 0.2) is 41.5 Å². The van der Waals surface area contributed by atoms with Crippen LogP contribution >= 0.6 is 0 Å². The lowest BCUT2D eigenvalue weighted by atomic mass is 9.77. The van der Waals surface area contributed by atoms with Gasteiger partial charge in [0.2, 0.25) is 5.91 Å². The summed E-state index contributed by atoms with van der Waals surface area (Å²) < 4.78 is 6.12. The van der Waals surface area contributed by atoms with Crippen molar-refractivity contribution >= 4 is 11.9 Å². The summed E-state index contributed by atoms with van der Waals surface area (Å²) in [6.07, 6.45) is 5.66. The molecule has 5 heteroatoms. The van der Waals surface area contributed by atoms with Crippen molar-refractivity contribution < 1.29 is 14.3 Å². The van der Waals surface area contributed by atoms with Gasteiger partial charge in [-0.3, -0.25) is 4.79 Å². The average molecular weight is 411 g/mol. The van der Waals surface area contributed by atoms with Gasteiger partial charge in [-0.15, -0.1) is 0 Å². The normalized spacial score (nSPS) is 24.9. The predicted octanol–water partition coefficient (Wildman–Crippen LogP) is 3.89. The van der Waals surface area contributed by atoms with Gasteiger partial charge in [0, 0.05) is 37.2 Å². The third-order valence-electron chi connectivity index (χ3n) is 6.72. The second-order valence-corrected chi connectivity index (χ2v) is 9.36. The number of rotatable bonds is 6. The number of benzene rings is 1. The summed E-state index contributed by atoms with van der Waals surface area (Å²) in [4.78, 5) is 30.2. The number of likely N-dealkylation sites (tertiary alicyclic amines) is 1. The van der Waals surface area contributed by atoms with E-state index in [1.807, 2.05) is 35.2 Å². The summed E-state index contributed by atoms with van der Waals surface area (Å²) in [6, 6.07) is 10.1. The van der Waals surface area contributed by atoms with E-state index in [9.17, 15) is 9.59 Å². The van der Waals surface area contributed by atoms with E-state index in [1.54, 1.807) is 0 Å². The SMILES string of the molecule is CC(C)CC1(c2ccccc2)OC(=O)C2=C1CN(C(=O)CCN1CCCCC1)CC2. The fraction of sp³-hybridized carbons (Fsp3) is 0.600. The Labute approximate surface area is 180 Å². The molecule has 3 aliphatic heterocycles. The van der Waals surface area contributed by atoms with Crippen LogP contribution in [0.2, 0.25) is 0 Å². The second kappa shape index (κ2) is 8.93. The van der Waals surface area contributed by atoms with Gasteiger partial charge in [-0.1, -0.05) is 50.6 Å². The zero-order chi connectivity index (χ0) is 21.1. The highest BCUT2D eigenvalue weighted by molar-refractivity contribution is 5.94. The summed E-state index contributed by atoms with van der Waals surface area (Å²) in [5.41, 5.74) is 2.07. The smallest absolute Gasteiger partial charge is 0.335 e. The van der Waals surface area contributed by atoms with Crippen LogP contribution in [0, 0.1) is 5.92 Å². The number of cyclic esters (lactones) is 1. The molecule has 162 valence electrons. The van der Waals surface area contributed by atoms with Crippen molar-refractivity contribution in [2.24, 2.45) is 5.92 Å². The quantitative estimate of drug-likeness (QED) is 0.668. The maximum absolute atomic E-state index is 13.0. The van der Waals surface area contributed by atoms with Gasteiger partial charge in [0.25, 0.3) is 0 Å². The Hall–Kier alpha value is -2.14. The number of hydrogen-bond acceptors (Lipinski definition) is 4. The molecule has 3 aliphatic rings. The minimum absolute atomic E-state index is 0.193. The second-order valence-electron chi connectivity index (χ2n) is 9.36. The molecule has 1 aromatic carbocycles. The maximum Gasteiger partial charge on any atom is 0.335 e. The van der Waals surface area contributed by atoms with Crippen LogP contribution in [0.5, 0.6) is 0 Å². The Bertz CT molecular complexity index is 811. The lowest BCUT2D eigenvalue weighted by Crippen LogP contribution is -2.43. The molecule has 1 saturated heterocycles. The molecule has 0 radical (unpaired) electrons. The van der Waals surface area contributed by atoms with E-state index in [0.717, 1.165) is 42.8 Å². The van der Waals surface area contributed by atoms with Crippen molar-refractivity contribution in [1.29, 1.82) is 0 Å². The molecule has 1 unspecified atom stereocenters. The van der Waals surface area contributed by atoms with E-state index in [1.165, 1.54) is 19.3 Å². The number of piperidine rings is 1. The van der Waals surface area contributed by atoms with Gasteiger partial charge in [0.1, 0.15) is 0 Å². The Morgan fingerprint density at radius 2 is 1.83 bits per heavy atom. The molecular weight excluding hydrogens is 376 g/mol. The highest BCUT2D eigenvalue weighted by Crippen LogP contribution is 2.48. The van der Waals surface area contributed by atoms with E-state index in [2.05, 4.69) is 18.7 Å². The molecule has 1 atom stereocenters. The zero-order valence-electron chi connectivity index (χ0n) is 18.4. The largest absolute Gasteiger partial charge is 0.446 e. The Kier molecular flexibility index (Phi) is 6.28. The Balaban J connectivity index is 1.54. The zero-order valence-corrected chi connectivity index (χ0v) is 18.4. The molecule has 30 heavy (non-hydrogen) atoms. The molecule has 5 nitrogen and oxygen atoms in total. The van der Waals surface area contributed by atoms with E-state index < -0.39 is 5.60 Å². The fourth-order valence-electron chi connectivity index (χ4n) is 5.25. The van der Waals surface area contributed by atoms with Gasteiger partial charge in [-0.05, 0) is 50.3 Å². The number of carbonyl (C=O) groups excluding carboxylic acids is 2. The number of nitrogens with zero attached hydrogens (tertiary/aromatic N) is 2. The van der Waals surface area contributed by atoms with Gasteiger partial charge < -0.3 is 14.5 Å². The lowest BCUT2D eigenvalue weighted by Gasteiger charge is -2.37. The van der Waals surface area contributed by atoms with E-state index >= 15 is 0 Å². The van der Waals surface area contributed by atoms with Crippen LogP contribution in [0.3, 0.4) is 0 Å². The molecule has 0 spiro atoms. The lowest BCUT2D eigenvalue weighted by molar-refractivity contribution is -0.149. The standard InChI is InChI=1S/C25H34N2O3/c1-19(2)17-25(20-9-5-3-6-10-20)22-18-27(16-11-21(22)24(29)30-25)23(28)12-15-26-13-7-4-8-14-26/h3,5-6,9-10,19H,4,7-8,11-18H2,1-2H3. The van der Waals surface area contributed by atoms with E-state index in [4.69, 9.17) is 4.74 Å². The van der Waals surface area contributed by atoms with Gasteiger partial charge in [-0.25, -0.2) is 4.79 Å². The van der Waals surface area contributed by atoms with Crippen molar-refractivity contribution in [2.45, 2.75) is 58.0 Å². The predicted molar refractivity (Wildman–Crippen MR) is 117 cm³/mol. The van der Waals surface area contributed by atoms with Crippen molar-refractivity contribution in [3.63, 3.8) is 0 Å². The molecule has 0 N–H and O–H groups in total. The summed E-state index contributed by atoms with van der Waals surface area (Å²) in [5.74, 6) is 0.350. The summed E-state index contributed by atoms with van der Waals surface area (Å²) in [5, 5.41) is 0. The summed E-state index contributed by atoms with van der Waals surface area (Å²) in [6.45, 7) is 8.48. The van der Waals surface area contributed by atoms with Gasteiger partial charge >= 0.3 is 5.97 Å². The fourth-order valence-corrected chi connectivity index (χ4v) is 5.25. The molecule has 4 rings (SSSR count). The molecule has 1 aromatic rings. The van der Waals surface area contributed by atoms with Crippen molar-refractivity contribution in [2.75, 3.05) is 32.7 Å². The first kappa shape index (κ1) is 21.1. The molecule has 0 aromatic heterocycles. The Morgan fingerprint density at radius 3 is 2.53 bits per heavy atom. The third-order valence-corrected chi connectivity index (χ3v) is 6.72. The number of hydrogen-bond donors (Lipinski definition) is 0. The van der Waals surface area contributed by atoms with Crippen molar-refractivity contribution in [3.8, 4) is 0 Å². The van der Waals surface area contributed by atoms with Crippen LogP contribution < -0.4 is 0 Å². The van der Waals surface area contributed by atoms with Crippen LogP contribution in [0.25, 0.3) is 0 Å². The van der Waals surface area contributed by atoms with Crippen molar-refractivity contribution in [3.05, 3.63) is 47.0 Å². The minimum atomic E-state index is -0.742.